The van der Waals surface area contributed by atoms with Crippen LogP contribution in [0.4, 0.5) is 10.1 Å². The van der Waals surface area contributed by atoms with Crippen molar-refractivity contribution in [3.63, 3.8) is 0 Å². The highest BCUT2D eigenvalue weighted by molar-refractivity contribution is 7.89. The van der Waals surface area contributed by atoms with E-state index in [0.717, 1.165) is 6.07 Å². The highest BCUT2D eigenvalue weighted by Crippen LogP contribution is 2.17. The van der Waals surface area contributed by atoms with Crippen molar-refractivity contribution in [2.24, 2.45) is 0 Å². The molecule has 0 aromatic heterocycles. The van der Waals surface area contributed by atoms with Crippen LogP contribution in [-0.4, -0.2) is 27.7 Å². The van der Waals surface area contributed by atoms with Gasteiger partial charge >= 0.3 is 0 Å². The molecule has 1 aromatic rings. The summed E-state index contributed by atoms with van der Waals surface area (Å²) >= 11 is 0. The molecule has 0 atom stereocenters. The Bertz CT molecular complexity index is 527. The molecular weight excluding hydrogens is 259 g/mol. The maximum absolute atomic E-state index is 13.3. The van der Waals surface area contributed by atoms with E-state index in [9.17, 15) is 12.8 Å². The van der Waals surface area contributed by atoms with Gasteiger partial charge in [0.15, 0.2) is 0 Å². The Morgan fingerprint density at radius 3 is 2.61 bits per heavy atom. The van der Waals surface area contributed by atoms with Crippen LogP contribution in [0.2, 0.25) is 0 Å². The number of nitrogen functional groups attached to an aromatic ring is 1. The lowest BCUT2D eigenvalue weighted by atomic mass is 10.1. The molecule has 1 aromatic carbocycles. The summed E-state index contributed by atoms with van der Waals surface area (Å²) in [5, 5.41) is 0. The van der Waals surface area contributed by atoms with Crippen LogP contribution in [0.25, 0.3) is 0 Å². The average molecular weight is 274 g/mol. The van der Waals surface area contributed by atoms with Crippen molar-refractivity contribution in [3.8, 4) is 0 Å². The van der Waals surface area contributed by atoms with Crippen LogP contribution in [0.15, 0.2) is 23.1 Å². The molecular formula is C11H15FN2O3S. The number of nitrogens with one attached hydrogen (secondary N) is 1. The van der Waals surface area contributed by atoms with Crippen molar-refractivity contribution < 1.29 is 17.5 Å². The Labute approximate surface area is 105 Å². The number of hydrogen-bond acceptors (Lipinski definition) is 4. The molecule has 7 heteroatoms. The van der Waals surface area contributed by atoms with Crippen LogP contribution in [0.5, 0.6) is 0 Å². The Morgan fingerprint density at radius 2 is 2.00 bits per heavy atom. The molecule has 0 aliphatic carbocycles. The molecule has 0 saturated carbocycles. The van der Waals surface area contributed by atoms with Crippen LogP contribution in [0.1, 0.15) is 12.8 Å². The molecule has 1 saturated heterocycles. The molecule has 0 spiro atoms. The third-order valence-corrected chi connectivity index (χ3v) is 4.34. The van der Waals surface area contributed by atoms with E-state index in [0.29, 0.717) is 26.1 Å². The second kappa shape index (κ2) is 5.21. The molecule has 0 radical (unpaired) electrons. The van der Waals surface area contributed by atoms with Gasteiger partial charge in [0, 0.05) is 19.3 Å². The number of sulfonamides is 1. The molecule has 1 aliphatic rings. The summed E-state index contributed by atoms with van der Waals surface area (Å²) in [6.07, 6.45) is 1.24. The van der Waals surface area contributed by atoms with Crippen molar-refractivity contribution in [1.82, 2.24) is 4.72 Å². The fourth-order valence-corrected chi connectivity index (χ4v) is 3.09. The molecule has 1 heterocycles. The van der Waals surface area contributed by atoms with Crippen molar-refractivity contribution in [3.05, 3.63) is 24.0 Å². The highest BCUT2D eigenvalue weighted by atomic mass is 32.2. The summed E-state index contributed by atoms with van der Waals surface area (Å²) in [5.41, 5.74) is 5.24. The molecule has 3 N–H and O–H groups in total. The van der Waals surface area contributed by atoms with Crippen LogP contribution >= 0.6 is 0 Å². The maximum atomic E-state index is 13.3. The molecule has 0 bridgehead atoms. The minimum Gasteiger partial charge on any atom is -0.396 e. The number of halogens is 1. The van der Waals surface area contributed by atoms with E-state index in [1.807, 2.05) is 0 Å². The van der Waals surface area contributed by atoms with Crippen molar-refractivity contribution in [1.29, 1.82) is 0 Å². The normalized spacial score (nSPS) is 17.8. The van der Waals surface area contributed by atoms with Crippen LogP contribution in [0, 0.1) is 5.82 Å². The Balaban J connectivity index is 2.16. The standard InChI is InChI=1S/C11H15FN2O3S/c12-10-7-9(1-2-11(10)13)18(15,16)14-8-3-5-17-6-4-8/h1-2,7-8,14H,3-6,13H2. The first-order valence-corrected chi connectivity index (χ1v) is 7.12. The summed E-state index contributed by atoms with van der Waals surface area (Å²) in [4.78, 5) is -0.110. The van der Waals surface area contributed by atoms with Gasteiger partial charge < -0.3 is 10.5 Å². The minimum atomic E-state index is -3.70. The molecule has 5 nitrogen and oxygen atoms in total. The average Bonchev–Trinajstić information content (AvgIpc) is 2.33. The zero-order valence-electron chi connectivity index (χ0n) is 9.73. The fraction of sp³-hybridized carbons (Fsp3) is 0.455. The van der Waals surface area contributed by atoms with Crippen LogP contribution in [-0.2, 0) is 14.8 Å². The third-order valence-electron chi connectivity index (χ3n) is 2.83. The number of hydrogen-bond donors (Lipinski definition) is 2. The van der Waals surface area contributed by atoms with Crippen molar-refractivity contribution >= 4 is 15.7 Å². The lowest BCUT2D eigenvalue weighted by Crippen LogP contribution is -2.38. The first-order valence-electron chi connectivity index (χ1n) is 5.64. The lowest BCUT2D eigenvalue weighted by Gasteiger charge is -2.22. The molecule has 1 fully saturated rings. The second-order valence-electron chi connectivity index (χ2n) is 4.19. The van der Waals surface area contributed by atoms with E-state index >= 15 is 0 Å². The minimum absolute atomic E-state index is 0.0694. The fourth-order valence-electron chi connectivity index (χ4n) is 1.78. The molecule has 0 amide bonds. The summed E-state index contributed by atoms with van der Waals surface area (Å²) in [7, 11) is -3.70. The topological polar surface area (TPSA) is 81.4 Å². The first kappa shape index (κ1) is 13.3. The molecule has 100 valence electrons. The summed E-state index contributed by atoms with van der Waals surface area (Å²) in [6.45, 7) is 1.06. The predicted octanol–water partition coefficient (Wildman–Crippen LogP) is 0.865. The summed E-state index contributed by atoms with van der Waals surface area (Å²) < 4.78 is 44.9. The van der Waals surface area contributed by atoms with Crippen LogP contribution in [0.3, 0.4) is 0 Å². The SMILES string of the molecule is Nc1ccc(S(=O)(=O)NC2CCOCC2)cc1F. The monoisotopic (exact) mass is 274 g/mol. The van der Waals surface area contributed by atoms with E-state index in [-0.39, 0.29) is 16.6 Å². The van der Waals surface area contributed by atoms with E-state index in [4.69, 9.17) is 10.5 Å². The van der Waals surface area contributed by atoms with Gasteiger partial charge in [0.2, 0.25) is 10.0 Å². The van der Waals surface area contributed by atoms with Gasteiger partial charge in [0.1, 0.15) is 5.82 Å². The highest BCUT2D eigenvalue weighted by Gasteiger charge is 2.22. The number of benzene rings is 1. The number of nitrogens with two attached hydrogens (primary N) is 1. The van der Waals surface area contributed by atoms with Gasteiger partial charge in [-0.2, -0.15) is 0 Å². The van der Waals surface area contributed by atoms with Gasteiger partial charge in [-0.15, -0.1) is 0 Å². The largest absolute Gasteiger partial charge is 0.396 e. The van der Waals surface area contributed by atoms with Crippen molar-refractivity contribution in [2.75, 3.05) is 18.9 Å². The van der Waals surface area contributed by atoms with Crippen molar-refractivity contribution in [2.45, 2.75) is 23.8 Å². The second-order valence-corrected chi connectivity index (χ2v) is 5.91. The zero-order valence-corrected chi connectivity index (χ0v) is 10.5. The summed E-state index contributed by atoms with van der Waals surface area (Å²) in [5.74, 6) is -0.732. The van der Waals surface area contributed by atoms with Gasteiger partial charge in [-0.05, 0) is 31.0 Å². The van der Waals surface area contributed by atoms with E-state index in [2.05, 4.69) is 4.72 Å². The first-order chi connectivity index (χ1) is 8.49. The molecule has 0 unspecified atom stereocenters. The van der Waals surface area contributed by atoms with Gasteiger partial charge in [-0.1, -0.05) is 0 Å². The number of anilines is 1. The Kier molecular flexibility index (Phi) is 3.84. The third kappa shape index (κ3) is 2.98. The van der Waals surface area contributed by atoms with E-state index in [1.165, 1.54) is 12.1 Å². The number of ether oxygens (including phenoxy) is 1. The molecule has 1 aliphatic heterocycles. The van der Waals surface area contributed by atoms with Gasteiger partial charge in [-0.3, -0.25) is 0 Å². The lowest BCUT2D eigenvalue weighted by molar-refractivity contribution is 0.0832. The number of rotatable bonds is 3. The maximum Gasteiger partial charge on any atom is 0.240 e. The summed E-state index contributed by atoms with van der Waals surface area (Å²) in [6, 6.07) is 3.30. The Hall–Kier alpha value is -1.18. The smallest absolute Gasteiger partial charge is 0.240 e. The zero-order chi connectivity index (χ0) is 13.2. The molecule has 18 heavy (non-hydrogen) atoms. The van der Waals surface area contributed by atoms with Gasteiger partial charge in [0.25, 0.3) is 0 Å². The van der Waals surface area contributed by atoms with Crippen LogP contribution < -0.4 is 10.5 Å². The Morgan fingerprint density at radius 1 is 1.33 bits per heavy atom. The predicted molar refractivity (Wildman–Crippen MR) is 65.0 cm³/mol. The van der Waals surface area contributed by atoms with Gasteiger partial charge in [0.05, 0.1) is 10.6 Å². The van der Waals surface area contributed by atoms with Gasteiger partial charge in [-0.25, -0.2) is 17.5 Å². The van der Waals surface area contributed by atoms with E-state index in [1.54, 1.807) is 0 Å². The van der Waals surface area contributed by atoms with E-state index < -0.39 is 15.8 Å². The quantitative estimate of drug-likeness (QED) is 0.801. The molecule has 2 rings (SSSR count).